The lowest BCUT2D eigenvalue weighted by molar-refractivity contribution is 0.517. The molecule has 0 radical (unpaired) electrons. The number of nitrogens with two attached hydrogens (primary N) is 1. The second-order valence-electron chi connectivity index (χ2n) is 4.01. The van der Waals surface area contributed by atoms with Gasteiger partial charge in [-0.2, -0.15) is 0 Å². The van der Waals surface area contributed by atoms with Gasteiger partial charge in [0, 0.05) is 12.1 Å². The second kappa shape index (κ2) is 4.26. The molecule has 1 aromatic heterocycles. The normalized spacial score (nSPS) is 13.2. The molecule has 0 aliphatic heterocycles. The molecular weight excluding hydrogens is 160 g/mol. The standard InChI is InChI=1S/C11H18N2/c1-8(2)7-9(3)11-10(12)5-4-6-13-11/h4-6,8-9H,7,12H2,1-3H3. The quantitative estimate of drug-likeness (QED) is 0.773. The van der Waals surface area contributed by atoms with E-state index in [0.717, 1.165) is 17.8 Å². The summed E-state index contributed by atoms with van der Waals surface area (Å²) in [4.78, 5) is 4.31. The summed E-state index contributed by atoms with van der Waals surface area (Å²) < 4.78 is 0. The molecule has 2 N–H and O–H groups in total. The van der Waals surface area contributed by atoms with Crippen molar-refractivity contribution in [3.63, 3.8) is 0 Å². The van der Waals surface area contributed by atoms with E-state index in [9.17, 15) is 0 Å². The van der Waals surface area contributed by atoms with E-state index in [-0.39, 0.29) is 0 Å². The van der Waals surface area contributed by atoms with E-state index in [1.165, 1.54) is 0 Å². The molecule has 1 rings (SSSR count). The molecule has 1 atom stereocenters. The molecule has 13 heavy (non-hydrogen) atoms. The molecule has 2 nitrogen and oxygen atoms in total. The zero-order chi connectivity index (χ0) is 9.84. The lowest BCUT2D eigenvalue weighted by Crippen LogP contribution is -2.04. The summed E-state index contributed by atoms with van der Waals surface area (Å²) in [6.45, 7) is 6.62. The van der Waals surface area contributed by atoms with Crippen molar-refractivity contribution in [2.75, 3.05) is 5.73 Å². The van der Waals surface area contributed by atoms with Gasteiger partial charge in [-0.05, 0) is 24.5 Å². The summed E-state index contributed by atoms with van der Waals surface area (Å²) in [5.41, 5.74) is 7.69. The Bertz CT molecular complexity index is 269. The van der Waals surface area contributed by atoms with Gasteiger partial charge >= 0.3 is 0 Å². The first-order valence-electron chi connectivity index (χ1n) is 4.81. The monoisotopic (exact) mass is 178 g/mol. The predicted molar refractivity (Wildman–Crippen MR) is 56.5 cm³/mol. The Morgan fingerprint density at radius 2 is 2.08 bits per heavy atom. The average Bonchev–Trinajstić information content (AvgIpc) is 2.03. The molecule has 1 heterocycles. The van der Waals surface area contributed by atoms with Crippen molar-refractivity contribution < 1.29 is 0 Å². The average molecular weight is 178 g/mol. The van der Waals surface area contributed by atoms with Crippen LogP contribution < -0.4 is 5.73 Å². The molecule has 0 aromatic carbocycles. The minimum Gasteiger partial charge on any atom is -0.397 e. The summed E-state index contributed by atoms with van der Waals surface area (Å²) >= 11 is 0. The first-order valence-corrected chi connectivity index (χ1v) is 4.81. The minimum atomic E-state index is 0.459. The van der Waals surface area contributed by atoms with Gasteiger partial charge in [-0.25, -0.2) is 0 Å². The van der Waals surface area contributed by atoms with Crippen LogP contribution >= 0.6 is 0 Å². The van der Waals surface area contributed by atoms with Crippen LogP contribution in [0.3, 0.4) is 0 Å². The third-order valence-corrected chi connectivity index (χ3v) is 2.16. The van der Waals surface area contributed by atoms with Gasteiger partial charge in [0.1, 0.15) is 0 Å². The third kappa shape index (κ3) is 2.72. The summed E-state index contributed by atoms with van der Waals surface area (Å²) in [7, 11) is 0. The first-order chi connectivity index (χ1) is 6.11. The third-order valence-electron chi connectivity index (χ3n) is 2.16. The van der Waals surface area contributed by atoms with Crippen molar-refractivity contribution in [1.82, 2.24) is 4.98 Å². The highest BCUT2D eigenvalue weighted by molar-refractivity contribution is 5.43. The maximum atomic E-state index is 5.83. The number of pyridine rings is 1. The number of hydrogen-bond acceptors (Lipinski definition) is 2. The van der Waals surface area contributed by atoms with Crippen molar-refractivity contribution >= 4 is 5.69 Å². The SMILES string of the molecule is CC(C)CC(C)c1ncccc1N. The molecule has 0 fully saturated rings. The molecular formula is C11H18N2. The van der Waals surface area contributed by atoms with Crippen LogP contribution in [0, 0.1) is 5.92 Å². The van der Waals surface area contributed by atoms with E-state index in [1.54, 1.807) is 0 Å². The molecule has 0 amide bonds. The molecule has 0 aliphatic rings. The van der Waals surface area contributed by atoms with Crippen LogP contribution in [0.5, 0.6) is 0 Å². The fourth-order valence-electron chi connectivity index (χ4n) is 1.66. The first kappa shape index (κ1) is 10.0. The van der Waals surface area contributed by atoms with Gasteiger partial charge in [-0.3, -0.25) is 4.98 Å². The molecule has 0 saturated carbocycles. The highest BCUT2D eigenvalue weighted by Crippen LogP contribution is 2.25. The minimum absolute atomic E-state index is 0.459. The number of nitrogen functional groups attached to an aromatic ring is 1. The molecule has 1 aromatic rings. The molecule has 0 aliphatic carbocycles. The van der Waals surface area contributed by atoms with Crippen LogP contribution in [0.25, 0.3) is 0 Å². The van der Waals surface area contributed by atoms with Crippen molar-refractivity contribution in [3.8, 4) is 0 Å². The van der Waals surface area contributed by atoms with Gasteiger partial charge in [0.15, 0.2) is 0 Å². The number of rotatable bonds is 3. The van der Waals surface area contributed by atoms with Crippen LogP contribution in [0.15, 0.2) is 18.3 Å². The predicted octanol–water partition coefficient (Wildman–Crippen LogP) is 2.81. The largest absolute Gasteiger partial charge is 0.397 e. The van der Waals surface area contributed by atoms with Crippen molar-refractivity contribution in [2.24, 2.45) is 5.92 Å². The molecule has 0 bridgehead atoms. The van der Waals surface area contributed by atoms with E-state index in [4.69, 9.17) is 5.73 Å². The Labute approximate surface area is 80.2 Å². The highest BCUT2D eigenvalue weighted by Gasteiger charge is 2.11. The molecule has 0 spiro atoms. The number of anilines is 1. The van der Waals surface area contributed by atoms with E-state index < -0.39 is 0 Å². The lowest BCUT2D eigenvalue weighted by atomic mass is 9.95. The molecule has 2 heteroatoms. The lowest BCUT2D eigenvalue weighted by Gasteiger charge is -2.14. The van der Waals surface area contributed by atoms with E-state index in [2.05, 4.69) is 25.8 Å². The fourth-order valence-corrected chi connectivity index (χ4v) is 1.66. The molecule has 1 unspecified atom stereocenters. The maximum absolute atomic E-state index is 5.83. The topological polar surface area (TPSA) is 38.9 Å². The van der Waals surface area contributed by atoms with Crippen LogP contribution in [0.4, 0.5) is 5.69 Å². The van der Waals surface area contributed by atoms with Gasteiger partial charge in [-0.1, -0.05) is 20.8 Å². The smallest absolute Gasteiger partial charge is 0.0660 e. The van der Waals surface area contributed by atoms with E-state index in [1.807, 2.05) is 18.3 Å². The number of aromatic nitrogens is 1. The van der Waals surface area contributed by atoms with Crippen molar-refractivity contribution in [2.45, 2.75) is 33.1 Å². The van der Waals surface area contributed by atoms with Crippen molar-refractivity contribution in [1.29, 1.82) is 0 Å². The van der Waals surface area contributed by atoms with Gasteiger partial charge in [0.25, 0.3) is 0 Å². The summed E-state index contributed by atoms with van der Waals surface area (Å²) in [6.07, 6.45) is 2.95. The van der Waals surface area contributed by atoms with Gasteiger partial charge < -0.3 is 5.73 Å². The molecule has 72 valence electrons. The Balaban J connectivity index is 2.76. The zero-order valence-corrected chi connectivity index (χ0v) is 8.62. The summed E-state index contributed by atoms with van der Waals surface area (Å²) in [5.74, 6) is 1.15. The Hall–Kier alpha value is -1.05. The zero-order valence-electron chi connectivity index (χ0n) is 8.62. The maximum Gasteiger partial charge on any atom is 0.0660 e. The van der Waals surface area contributed by atoms with Gasteiger partial charge in [-0.15, -0.1) is 0 Å². The van der Waals surface area contributed by atoms with Gasteiger partial charge in [0.05, 0.1) is 11.4 Å². The molecule has 0 saturated heterocycles. The number of hydrogen-bond donors (Lipinski definition) is 1. The van der Waals surface area contributed by atoms with E-state index >= 15 is 0 Å². The van der Waals surface area contributed by atoms with Crippen LogP contribution in [0.1, 0.15) is 38.8 Å². The Kier molecular flexibility index (Phi) is 3.29. The Morgan fingerprint density at radius 1 is 1.38 bits per heavy atom. The fraction of sp³-hybridized carbons (Fsp3) is 0.545. The summed E-state index contributed by atoms with van der Waals surface area (Å²) in [5, 5.41) is 0. The van der Waals surface area contributed by atoms with Crippen LogP contribution in [-0.4, -0.2) is 4.98 Å². The van der Waals surface area contributed by atoms with Crippen LogP contribution in [0.2, 0.25) is 0 Å². The van der Waals surface area contributed by atoms with Crippen molar-refractivity contribution in [3.05, 3.63) is 24.0 Å². The highest BCUT2D eigenvalue weighted by atomic mass is 14.7. The van der Waals surface area contributed by atoms with Gasteiger partial charge in [0.2, 0.25) is 0 Å². The Morgan fingerprint density at radius 3 is 2.62 bits per heavy atom. The second-order valence-corrected chi connectivity index (χ2v) is 4.01. The summed E-state index contributed by atoms with van der Waals surface area (Å²) in [6, 6.07) is 3.79. The van der Waals surface area contributed by atoms with Crippen LogP contribution in [-0.2, 0) is 0 Å². The number of nitrogens with zero attached hydrogens (tertiary/aromatic N) is 1. The van der Waals surface area contributed by atoms with E-state index in [0.29, 0.717) is 11.8 Å².